The van der Waals surface area contributed by atoms with E-state index < -0.39 is 0 Å². The fourth-order valence-corrected chi connectivity index (χ4v) is 4.48. The van der Waals surface area contributed by atoms with Crippen molar-refractivity contribution in [3.63, 3.8) is 0 Å². The number of benzene rings is 2. The molecule has 1 aliphatic rings. The third kappa shape index (κ3) is 4.07. The molecule has 1 N–H and O–H groups in total. The number of carbonyl (C=O) groups is 2. The topological polar surface area (TPSA) is 62.6 Å². The van der Waals surface area contributed by atoms with Crippen molar-refractivity contribution in [2.75, 3.05) is 16.0 Å². The van der Waals surface area contributed by atoms with Crippen molar-refractivity contribution in [1.29, 1.82) is 0 Å². The van der Waals surface area contributed by atoms with Gasteiger partial charge >= 0.3 is 0 Å². The van der Waals surface area contributed by atoms with Gasteiger partial charge in [-0.15, -0.1) is 11.8 Å². The summed E-state index contributed by atoms with van der Waals surface area (Å²) in [7, 11) is 0. The normalized spacial score (nSPS) is 16.4. The minimum Gasteiger partial charge on any atom is -0.459 e. The minimum absolute atomic E-state index is 0.0813. The van der Waals surface area contributed by atoms with Crippen LogP contribution >= 0.6 is 11.8 Å². The molecule has 0 saturated carbocycles. The van der Waals surface area contributed by atoms with Gasteiger partial charge in [0.25, 0.3) is 5.91 Å². The van der Waals surface area contributed by atoms with E-state index in [0.29, 0.717) is 17.4 Å². The van der Waals surface area contributed by atoms with Gasteiger partial charge in [0.2, 0.25) is 5.91 Å². The summed E-state index contributed by atoms with van der Waals surface area (Å²) in [5.74, 6) is 0.982. The van der Waals surface area contributed by atoms with Crippen LogP contribution in [0.4, 0.5) is 11.4 Å². The molecule has 0 bridgehead atoms. The molecule has 0 spiro atoms. The van der Waals surface area contributed by atoms with Crippen LogP contribution < -0.4 is 10.2 Å². The molecule has 0 unspecified atom stereocenters. The fraction of sp³-hybridized carbons (Fsp3) is 0.217. The second-order valence-electron chi connectivity index (χ2n) is 7.23. The molecule has 4 rings (SSSR count). The molecule has 2 heterocycles. The van der Waals surface area contributed by atoms with Gasteiger partial charge in [-0.05, 0) is 53.4 Å². The highest BCUT2D eigenvalue weighted by molar-refractivity contribution is 8.00. The van der Waals surface area contributed by atoms with Crippen LogP contribution in [0.5, 0.6) is 0 Å². The average molecular weight is 407 g/mol. The number of nitrogens with zero attached hydrogens (tertiary/aromatic N) is 1. The van der Waals surface area contributed by atoms with E-state index >= 15 is 0 Å². The Kier molecular flexibility index (Phi) is 5.45. The van der Waals surface area contributed by atoms with Gasteiger partial charge in [0.05, 0.1) is 12.0 Å². The zero-order valence-electron chi connectivity index (χ0n) is 16.3. The second kappa shape index (κ2) is 8.17. The molecule has 0 radical (unpaired) electrons. The molecule has 1 aliphatic heterocycles. The van der Waals surface area contributed by atoms with Gasteiger partial charge in [0, 0.05) is 11.4 Å². The molecule has 2 aromatic carbocycles. The Morgan fingerprint density at radius 3 is 2.45 bits per heavy atom. The molecule has 2 amide bonds. The number of hydrogen-bond acceptors (Lipinski definition) is 4. The predicted molar refractivity (Wildman–Crippen MR) is 116 cm³/mol. The van der Waals surface area contributed by atoms with Crippen molar-refractivity contribution in [3.8, 4) is 0 Å². The van der Waals surface area contributed by atoms with Crippen molar-refractivity contribution < 1.29 is 14.0 Å². The molecule has 148 valence electrons. The minimum atomic E-state index is -0.292. The molecule has 1 atom stereocenters. The molecule has 1 saturated heterocycles. The first-order chi connectivity index (χ1) is 14.0. The number of nitrogens with one attached hydrogen (secondary N) is 1. The predicted octanol–water partition coefficient (Wildman–Crippen LogP) is 5.43. The van der Waals surface area contributed by atoms with Gasteiger partial charge in [-0.25, -0.2) is 0 Å². The monoisotopic (exact) mass is 406 g/mol. The number of anilines is 2. The summed E-state index contributed by atoms with van der Waals surface area (Å²) in [5, 5.41) is 2.73. The molecular weight excluding hydrogens is 384 g/mol. The largest absolute Gasteiger partial charge is 0.459 e. The maximum atomic E-state index is 12.6. The third-order valence-corrected chi connectivity index (χ3v) is 6.12. The quantitative estimate of drug-likeness (QED) is 0.613. The lowest BCUT2D eigenvalue weighted by molar-refractivity contribution is -0.115. The molecule has 5 nitrogen and oxygen atoms in total. The highest BCUT2D eigenvalue weighted by Crippen LogP contribution is 2.42. The van der Waals surface area contributed by atoms with Gasteiger partial charge in [0.1, 0.15) is 5.37 Å². The molecule has 1 aromatic heterocycles. The number of rotatable bonds is 5. The zero-order valence-corrected chi connectivity index (χ0v) is 17.1. The van der Waals surface area contributed by atoms with E-state index in [4.69, 9.17) is 4.42 Å². The Morgan fingerprint density at radius 2 is 1.83 bits per heavy atom. The Balaban J connectivity index is 1.52. The van der Waals surface area contributed by atoms with E-state index in [1.54, 1.807) is 23.9 Å². The van der Waals surface area contributed by atoms with Crippen molar-refractivity contribution in [2.24, 2.45) is 0 Å². The van der Waals surface area contributed by atoms with Crippen LogP contribution in [0.3, 0.4) is 0 Å². The van der Waals surface area contributed by atoms with E-state index in [9.17, 15) is 9.59 Å². The van der Waals surface area contributed by atoms with Crippen molar-refractivity contribution in [3.05, 3.63) is 83.8 Å². The van der Waals surface area contributed by atoms with E-state index in [-0.39, 0.29) is 22.9 Å². The lowest BCUT2D eigenvalue weighted by Crippen LogP contribution is -2.27. The number of thioether (sulfide) groups is 1. The smallest absolute Gasteiger partial charge is 0.291 e. The van der Waals surface area contributed by atoms with Crippen LogP contribution in [0.15, 0.2) is 71.3 Å². The standard InChI is InChI=1S/C23H22N2O3S/c1-15(2)16-7-11-19(12-8-16)25-21(26)14-29-23(25)17-5-9-18(10-6-17)24-22(27)20-4-3-13-28-20/h3-13,15,23H,14H2,1-2H3,(H,24,27)/t23-/m1/s1. The van der Waals surface area contributed by atoms with Gasteiger partial charge < -0.3 is 9.73 Å². The first-order valence-electron chi connectivity index (χ1n) is 9.51. The lowest BCUT2D eigenvalue weighted by atomic mass is 10.0. The summed E-state index contributed by atoms with van der Waals surface area (Å²) in [5.41, 5.74) is 3.85. The molecule has 0 aliphatic carbocycles. The zero-order chi connectivity index (χ0) is 20.4. The second-order valence-corrected chi connectivity index (χ2v) is 8.30. The van der Waals surface area contributed by atoms with E-state index in [0.717, 1.165) is 11.3 Å². The van der Waals surface area contributed by atoms with Crippen LogP contribution in [0.25, 0.3) is 0 Å². The first kappa shape index (κ1) is 19.3. The Hall–Kier alpha value is -2.99. The summed E-state index contributed by atoms with van der Waals surface area (Å²) in [6.07, 6.45) is 1.47. The van der Waals surface area contributed by atoms with Gasteiger partial charge in [-0.3, -0.25) is 14.5 Å². The summed E-state index contributed by atoms with van der Waals surface area (Å²) < 4.78 is 5.11. The molecular formula is C23H22N2O3S. The van der Waals surface area contributed by atoms with Gasteiger partial charge in [0.15, 0.2) is 5.76 Å². The van der Waals surface area contributed by atoms with Gasteiger partial charge in [-0.2, -0.15) is 0 Å². The number of hydrogen-bond donors (Lipinski definition) is 1. The Bertz CT molecular complexity index is 996. The lowest BCUT2D eigenvalue weighted by Gasteiger charge is -2.25. The van der Waals surface area contributed by atoms with E-state index in [2.05, 4.69) is 31.3 Å². The highest BCUT2D eigenvalue weighted by atomic mass is 32.2. The van der Waals surface area contributed by atoms with Crippen LogP contribution in [0.1, 0.15) is 46.8 Å². The van der Waals surface area contributed by atoms with Crippen molar-refractivity contribution >= 4 is 35.0 Å². The molecule has 3 aromatic rings. The van der Waals surface area contributed by atoms with Crippen LogP contribution in [-0.2, 0) is 4.79 Å². The summed E-state index contributed by atoms with van der Waals surface area (Å²) in [4.78, 5) is 26.5. The molecule has 6 heteroatoms. The van der Waals surface area contributed by atoms with E-state index in [1.807, 2.05) is 41.3 Å². The number of carbonyl (C=O) groups excluding carboxylic acids is 2. The first-order valence-corrected chi connectivity index (χ1v) is 10.6. The van der Waals surface area contributed by atoms with Crippen LogP contribution in [0, 0.1) is 0 Å². The van der Waals surface area contributed by atoms with Crippen molar-refractivity contribution in [1.82, 2.24) is 0 Å². The fourth-order valence-electron chi connectivity index (χ4n) is 3.30. The Labute approximate surface area is 174 Å². The molecule has 1 fully saturated rings. The number of furan rings is 1. The van der Waals surface area contributed by atoms with Crippen LogP contribution in [-0.4, -0.2) is 17.6 Å². The maximum Gasteiger partial charge on any atom is 0.291 e. The van der Waals surface area contributed by atoms with Crippen molar-refractivity contribution in [2.45, 2.75) is 25.1 Å². The number of amides is 2. The molecule has 29 heavy (non-hydrogen) atoms. The Morgan fingerprint density at radius 1 is 1.10 bits per heavy atom. The van der Waals surface area contributed by atoms with Crippen LogP contribution in [0.2, 0.25) is 0 Å². The van der Waals surface area contributed by atoms with Gasteiger partial charge in [-0.1, -0.05) is 38.1 Å². The summed E-state index contributed by atoms with van der Waals surface area (Å²) in [6, 6.07) is 19.1. The summed E-state index contributed by atoms with van der Waals surface area (Å²) in [6.45, 7) is 4.31. The third-order valence-electron chi connectivity index (χ3n) is 4.90. The highest BCUT2D eigenvalue weighted by Gasteiger charge is 2.34. The summed E-state index contributed by atoms with van der Waals surface area (Å²) >= 11 is 1.61. The maximum absolute atomic E-state index is 12.6. The SMILES string of the molecule is CC(C)c1ccc(N2C(=O)CS[C@@H]2c2ccc(NC(=O)c3ccco3)cc2)cc1. The average Bonchev–Trinajstić information content (AvgIpc) is 3.39. The van der Waals surface area contributed by atoms with E-state index in [1.165, 1.54) is 11.8 Å².